The van der Waals surface area contributed by atoms with E-state index in [2.05, 4.69) is 17.1 Å². The fourth-order valence-electron chi connectivity index (χ4n) is 2.50. The van der Waals surface area contributed by atoms with Crippen LogP contribution in [0.5, 0.6) is 0 Å². The molecule has 1 heterocycles. The van der Waals surface area contributed by atoms with E-state index in [-0.39, 0.29) is 11.7 Å². The van der Waals surface area contributed by atoms with Crippen molar-refractivity contribution in [2.24, 2.45) is 22.7 Å². The van der Waals surface area contributed by atoms with Crippen LogP contribution in [0.25, 0.3) is 0 Å². The average molecular weight is 256 g/mol. The lowest BCUT2D eigenvalue weighted by atomic mass is 10.0. The number of nitrogens with zero attached hydrogens (tertiary/aromatic N) is 3. The van der Waals surface area contributed by atoms with Crippen molar-refractivity contribution in [2.45, 2.75) is 19.8 Å². The molecule has 104 valence electrons. The van der Waals surface area contributed by atoms with Crippen molar-refractivity contribution in [1.82, 2.24) is 9.80 Å². The van der Waals surface area contributed by atoms with Crippen LogP contribution in [0.1, 0.15) is 19.8 Å². The summed E-state index contributed by atoms with van der Waals surface area (Å²) >= 11 is 0. The Morgan fingerprint density at radius 3 is 2.78 bits per heavy atom. The molecular formula is C12H24N4O2. The molecule has 2 unspecified atom stereocenters. The molecule has 1 amide bonds. The lowest BCUT2D eigenvalue weighted by Crippen LogP contribution is -2.42. The third-order valence-electron chi connectivity index (χ3n) is 3.58. The lowest BCUT2D eigenvalue weighted by Gasteiger charge is -2.25. The maximum absolute atomic E-state index is 12.2. The number of carbonyl (C=O) groups is 1. The molecular weight excluding hydrogens is 232 g/mol. The van der Waals surface area contributed by atoms with Gasteiger partial charge in [0.1, 0.15) is 0 Å². The van der Waals surface area contributed by atoms with E-state index in [0.29, 0.717) is 12.3 Å². The Hall–Kier alpha value is -1.30. The molecule has 3 N–H and O–H groups in total. The molecule has 1 rings (SSSR count). The van der Waals surface area contributed by atoms with E-state index in [1.807, 2.05) is 6.92 Å². The highest BCUT2D eigenvalue weighted by molar-refractivity contribution is 6.01. The topological polar surface area (TPSA) is 82.2 Å². The van der Waals surface area contributed by atoms with Gasteiger partial charge in [0.05, 0.1) is 5.92 Å². The largest absolute Gasteiger partial charge is 0.409 e. The molecule has 0 aromatic heterocycles. The average Bonchev–Trinajstić information content (AvgIpc) is 2.75. The second-order valence-electron chi connectivity index (χ2n) is 5.12. The van der Waals surface area contributed by atoms with Gasteiger partial charge in [-0.15, -0.1) is 0 Å². The molecule has 0 bridgehead atoms. The number of likely N-dealkylation sites (tertiary alicyclic amines) is 1. The molecule has 6 nitrogen and oxygen atoms in total. The molecule has 0 aromatic rings. The zero-order valence-corrected chi connectivity index (χ0v) is 11.5. The number of hydrogen-bond acceptors (Lipinski definition) is 4. The maximum Gasteiger partial charge on any atom is 0.233 e. The Morgan fingerprint density at radius 1 is 1.67 bits per heavy atom. The van der Waals surface area contributed by atoms with Crippen LogP contribution in [0, 0.1) is 11.8 Å². The second-order valence-corrected chi connectivity index (χ2v) is 5.12. The summed E-state index contributed by atoms with van der Waals surface area (Å²) in [6.45, 7) is 4.71. The van der Waals surface area contributed by atoms with Crippen molar-refractivity contribution in [3.8, 4) is 0 Å². The number of oxime groups is 1. The second kappa shape index (κ2) is 6.58. The van der Waals surface area contributed by atoms with Crippen LogP contribution in [0.4, 0.5) is 0 Å². The minimum Gasteiger partial charge on any atom is -0.409 e. The first-order valence-electron chi connectivity index (χ1n) is 6.40. The van der Waals surface area contributed by atoms with E-state index in [4.69, 9.17) is 10.9 Å². The molecule has 1 aliphatic heterocycles. The van der Waals surface area contributed by atoms with Gasteiger partial charge in [0.25, 0.3) is 0 Å². The minimum absolute atomic E-state index is 0.00195. The highest BCUT2D eigenvalue weighted by Gasteiger charge is 2.27. The van der Waals surface area contributed by atoms with Gasteiger partial charge in [-0.1, -0.05) is 12.1 Å². The predicted octanol–water partition coefficient (Wildman–Crippen LogP) is 0.169. The first kappa shape index (κ1) is 14.8. The molecule has 1 aliphatic rings. The number of hydrogen-bond donors (Lipinski definition) is 2. The standard InChI is InChI=1S/C12H24N4O2/c1-4-10(11(13)14-18)12(17)16(3)8-9-5-6-15(2)7-9/h9-10,18H,4-8H2,1-3H3,(H2,13,14). The lowest BCUT2D eigenvalue weighted by molar-refractivity contribution is -0.132. The van der Waals surface area contributed by atoms with Gasteiger partial charge in [0.15, 0.2) is 5.84 Å². The first-order chi connectivity index (χ1) is 8.49. The molecule has 18 heavy (non-hydrogen) atoms. The van der Waals surface area contributed by atoms with Crippen molar-refractivity contribution in [3.05, 3.63) is 0 Å². The van der Waals surface area contributed by atoms with Crippen LogP contribution in [-0.2, 0) is 4.79 Å². The van der Waals surface area contributed by atoms with Crippen LogP contribution in [0.15, 0.2) is 5.16 Å². The SMILES string of the molecule is CCC(C(=O)N(C)CC1CCN(C)C1)C(N)=NO. The van der Waals surface area contributed by atoms with Gasteiger partial charge < -0.3 is 20.7 Å². The summed E-state index contributed by atoms with van der Waals surface area (Å²) in [7, 11) is 3.88. The van der Waals surface area contributed by atoms with E-state index in [1.165, 1.54) is 0 Å². The third kappa shape index (κ3) is 3.60. The van der Waals surface area contributed by atoms with E-state index < -0.39 is 5.92 Å². The molecule has 0 radical (unpaired) electrons. The Kier molecular flexibility index (Phi) is 5.40. The van der Waals surface area contributed by atoms with Gasteiger partial charge in [-0.2, -0.15) is 0 Å². The normalized spacial score (nSPS) is 23.1. The van der Waals surface area contributed by atoms with E-state index >= 15 is 0 Å². The van der Waals surface area contributed by atoms with Crippen LogP contribution in [-0.4, -0.2) is 60.5 Å². The highest BCUT2D eigenvalue weighted by atomic mass is 16.4. The van der Waals surface area contributed by atoms with E-state index in [1.54, 1.807) is 11.9 Å². The van der Waals surface area contributed by atoms with Crippen molar-refractivity contribution in [3.63, 3.8) is 0 Å². The summed E-state index contributed by atoms with van der Waals surface area (Å²) in [6, 6.07) is 0. The molecule has 0 aromatic carbocycles. The van der Waals surface area contributed by atoms with Crippen LogP contribution in [0.2, 0.25) is 0 Å². The van der Waals surface area contributed by atoms with Crippen molar-refractivity contribution < 1.29 is 10.0 Å². The third-order valence-corrected chi connectivity index (χ3v) is 3.58. The molecule has 2 atom stereocenters. The Morgan fingerprint density at radius 2 is 2.33 bits per heavy atom. The Balaban J connectivity index is 2.54. The number of amides is 1. The van der Waals surface area contributed by atoms with Crippen molar-refractivity contribution in [2.75, 3.05) is 33.7 Å². The Bertz CT molecular complexity index is 319. The van der Waals surface area contributed by atoms with Gasteiger partial charge in [0, 0.05) is 20.1 Å². The van der Waals surface area contributed by atoms with E-state index in [0.717, 1.165) is 26.1 Å². The minimum atomic E-state index is -0.515. The summed E-state index contributed by atoms with van der Waals surface area (Å²) in [6.07, 6.45) is 1.66. The summed E-state index contributed by atoms with van der Waals surface area (Å²) in [5, 5.41) is 11.6. The smallest absolute Gasteiger partial charge is 0.233 e. The van der Waals surface area contributed by atoms with Crippen LogP contribution in [0.3, 0.4) is 0 Å². The fourth-order valence-corrected chi connectivity index (χ4v) is 2.50. The number of amidine groups is 1. The van der Waals surface area contributed by atoms with Gasteiger partial charge in [-0.05, 0) is 32.4 Å². The number of rotatable bonds is 5. The molecule has 1 saturated heterocycles. The highest BCUT2D eigenvalue weighted by Crippen LogP contribution is 2.16. The number of nitrogens with two attached hydrogens (primary N) is 1. The fraction of sp³-hybridized carbons (Fsp3) is 0.833. The summed E-state index contributed by atoms with van der Waals surface area (Å²) in [4.78, 5) is 16.2. The molecule has 0 aliphatic carbocycles. The monoisotopic (exact) mass is 256 g/mol. The molecule has 1 fully saturated rings. The van der Waals surface area contributed by atoms with Crippen LogP contribution >= 0.6 is 0 Å². The summed E-state index contributed by atoms with van der Waals surface area (Å²) in [5.74, 6) is -0.0619. The zero-order valence-electron chi connectivity index (χ0n) is 11.5. The molecule has 0 spiro atoms. The van der Waals surface area contributed by atoms with Gasteiger partial charge in [-0.25, -0.2) is 0 Å². The number of carbonyl (C=O) groups excluding carboxylic acids is 1. The predicted molar refractivity (Wildman–Crippen MR) is 70.4 cm³/mol. The summed E-state index contributed by atoms with van der Waals surface area (Å²) < 4.78 is 0. The Labute approximate surface area is 108 Å². The quantitative estimate of drug-likeness (QED) is 0.318. The first-order valence-corrected chi connectivity index (χ1v) is 6.40. The van der Waals surface area contributed by atoms with E-state index in [9.17, 15) is 4.79 Å². The summed E-state index contributed by atoms with van der Waals surface area (Å²) in [5.41, 5.74) is 5.54. The van der Waals surface area contributed by atoms with Crippen LogP contribution < -0.4 is 5.73 Å². The van der Waals surface area contributed by atoms with Gasteiger partial charge in [0.2, 0.25) is 5.91 Å². The van der Waals surface area contributed by atoms with Crippen molar-refractivity contribution >= 4 is 11.7 Å². The maximum atomic E-state index is 12.2. The van der Waals surface area contributed by atoms with Crippen molar-refractivity contribution in [1.29, 1.82) is 0 Å². The van der Waals surface area contributed by atoms with Gasteiger partial charge >= 0.3 is 0 Å². The zero-order chi connectivity index (χ0) is 13.7. The molecule has 6 heteroatoms. The van der Waals surface area contributed by atoms with Gasteiger partial charge in [-0.3, -0.25) is 4.79 Å². The molecule has 0 saturated carbocycles.